The molecule has 0 spiro atoms. The lowest BCUT2D eigenvalue weighted by Crippen LogP contribution is -2.27. The van der Waals surface area contributed by atoms with Gasteiger partial charge < -0.3 is 20.1 Å². The van der Waals surface area contributed by atoms with Gasteiger partial charge in [-0.15, -0.1) is 0 Å². The molecule has 0 aliphatic rings. The third kappa shape index (κ3) is 4.79. The molecule has 2 N–H and O–H groups in total. The molecule has 0 saturated carbocycles. The molecule has 0 unspecified atom stereocenters. The van der Waals surface area contributed by atoms with E-state index in [1.807, 2.05) is 24.3 Å². The van der Waals surface area contributed by atoms with Gasteiger partial charge in [0.05, 0.1) is 20.8 Å². The summed E-state index contributed by atoms with van der Waals surface area (Å²) in [7, 11) is 3.24. The first-order valence-corrected chi connectivity index (χ1v) is 6.99. The molecule has 0 fully saturated rings. The summed E-state index contributed by atoms with van der Waals surface area (Å²) >= 11 is 0. The first kappa shape index (κ1) is 15.9. The normalized spacial score (nSPS) is 10.1. The largest absolute Gasteiger partial charge is 0.497 e. The summed E-state index contributed by atoms with van der Waals surface area (Å²) in [6.45, 7) is 0.873. The smallest absolute Gasteiger partial charge is 0.238 e. The Kier molecular flexibility index (Phi) is 5.80. The number of nitrogens with one attached hydrogen (secondary N) is 2. The van der Waals surface area contributed by atoms with Gasteiger partial charge in [0.15, 0.2) is 0 Å². The topological polar surface area (TPSA) is 59.6 Å². The van der Waals surface area contributed by atoms with E-state index in [9.17, 15) is 4.79 Å². The van der Waals surface area contributed by atoms with Gasteiger partial charge in [-0.3, -0.25) is 4.79 Å². The number of benzene rings is 2. The van der Waals surface area contributed by atoms with E-state index >= 15 is 0 Å². The van der Waals surface area contributed by atoms with Gasteiger partial charge >= 0.3 is 0 Å². The quantitative estimate of drug-likeness (QED) is 0.824. The van der Waals surface area contributed by atoms with Crippen LogP contribution in [0.15, 0.2) is 48.5 Å². The van der Waals surface area contributed by atoms with Crippen LogP contribution in [0.4, 0.5) is 5.69 Å². The Morgan fingerprint density at radius 3 is 2.00 bits per heavy atom. The summed E-state index contributed by atoms with van der Waals surface area (Å²) in [4.78, 5) is 11.8. The second-order valence-corrected chi connectivity index (χ2v) is 4.73. The van der Waals surface area contributed by atoms with E-state index in [4.69, 9.17) is 9.47 Å². The number of anilines is 1. The molecule has 116 valence electrons. The minimum atomic E-state index is -0.0846. The standard InChI is InChI=1S/C17H20N2O3/c1-21-15-7-3-13(4-8-15)11-18-12-17(20)19-14-5-9-16(22-2)10-6-14/h3-10,18H,11-12H2,1-2H3,(H,19,20). The molecular formula is C17H20N2O3. The molecule has 2 aromatic carbocycles. The maximum Gasteiger partial charge on any atom is 0.238 e. The van der Waals surface area contributed by atoms with Gasteiger partial charge in [-0.05, 0) is 42.0 Å². The molecule has 2 aromatic rings. The molecule has 0 radical (unpaired) electrons. The predicted octanol–water partition coefficient (Wildman–Crippen LogP) is 2.43. The molecule has 0 bridgehead atoms. The van der Waals surface area contributed by atoms with Crippen LogP contribution in [-0.2, 0) is 11.3 Å². The Bertz CT molecular complexity index is 594. The Balaban J connectivity index is 1.74. The Morgan fingerprint density at radius 1 is 0.909 bits per heavy atom. The van der Waals surface area contributed by atoms with Gasteiger partial charge in [-0.2, -0.15) is 0 Å². The van der Waals surface area contributed by atoms with E-state index in [0.717, 1.165) is 22.7 Å². The SMILES string of the molecule is COc1ccc(CNCC(=O)Nc2ccc(OC)cc2)cc1. The first-order chi connectivity index (χ1) is 10.7. The molecule has 22 heavy (non-hydrogen) atoms. The molecule has 2 rings (SSSR count). The average molecular weight is 300 g/mol. The number of carbonyl (C=O) groups excluding carboxylic acids is 1. The molecule has 0 heterocycles. The minimum Gasteiger partial charge on any atom is -0.497 e. The van der Waals surface area contributed by atoms with Gasteiger partial charge in [0.1, 0.15) is 11.5 Å². The second kappa shape index (κ2) is 8.05. The number of hydrogen-bond donors (Lipinski definition) is 2. The highest BCUT2D eigenvalue weighted by molar-refractivity contribution is 5.92. The third-order valence-electron chi connectivity index (χ3n) is 3.15. The van der Waals surface area contributed by atoms with E-state index in [1.165, 1.54) is 0 Å². The Morgan fingerprint density at radius 2 is 1.45 bits per heavy atom. The fraction of sp³-hybridized carbons (Fsp3) is 0.235. The van der Waals surface area contributed by atoms with Crippen molar-refractivity contribution in [3.8, 4) is 11.5 Å². The van der Waals surface area contributed by atoms with Crippen LogP contribution in [0.25, 0.3) is 0 Å². The number of methoxy groups -OCH3 is 2. The van der Waals surface area contributed by atoms with Crippen LogP contribution in [-0.4, -0.2) is 26.7 Å². The maximum absolute atomic E-state index is 11.8. The van der Waals surface area contributed by atoms with Gasteiger partial charge in [-0.25, -0.2) is 0 Å². The second-order valence-electron chi connectivity index (χ2n) is 4.73. The van der Waals surface area contributed by atoms with E-state index < -0.39 is 0 Å². The summed E-state index contributed by atoms with van der Waals surface area (Å²) in [6, 6.07) is 14.9. The lowest BCUT2D eigenvalue weighted by Gasteiger charge is -2.08. The number of hydrogen-bond acceptors (Lipinski definition) is 4. The average Bonchev–Trinajstić information content (AvgIpc) is 2.56. The summed E-state index contributed by atoms with van der Waals surface area (Å²) in [5, 5.41) is 5.92. The maximum atomic E-state index is 11.8. The van der Waals surface area contributed by atoms with Crippen molar-refractivity contribution in [2.45, 2.75) is 6.54 Å². The number of rotatable bonds is 7. The van der Waals surface area contributed by atoms with E-state index in [2.05, 4.69) is 10.6 Å². The van der Waals surface area contributed by atoms with Crippen molar-refractivity contribution in [1.82, 2.24) is 5.32 Å². The van der Waals surface area contributed by atoms with Crippen LogP contribution in [0, 0.1) is 0 Å². The van der Waals surface area contributed by atoms with Crippen molar-refractivity contribution in [1.29, 1.82) is 0 Å². The summed E-state index contributed by atoms with van der Waals surface area (Å²) in [6.07, 6.45) is 0. The van der Waals surface area contributed by atoms with Crippen LogP contribution < -0.4 is 20.1 Å². The highest BCUT2D eigenvalue weighted by Gasteiger charge is 2.02. The summed E-state index contributed by atoms with van der Waals surface area (Å²) < 4.78 is 10.2. The fourth-order valence-electron chi connectivity index (χ4n) is 1.94. The molecule has 0 atom stereocenters. The van der Waals surface area contributed by atoms with Crippen LogP contribution in [0.3, 0.4) is 0 Å². The van der Waals surface area contributed by atoms with Crippen LogP contribution in [0.1, 0.15) is 5.56 Å². The molecule has 0 aliphatic carbocycles. The monoisotopic (exact) mass is 300 g/mol. The van der Waals surface area contributed by atoms with Crippen LogP contribution >= 0.6 is 0 Å². The van der Waals surface area contributed by atoms with Crippen molar-refractivity contribution < 1.29 is 14.3 Å². The van der Waals surface area contributed by atoms with Gasteiger partial charge in [0.2, 0.25) is 5.91 Å². The van der Waals surface area contributed by atoms with Crippen LogP contribution in [0.5, 0.6) is 11.5 Å². The van der Waals surface area contributed by atoms with E-state index in [1.54, 1.807) is 38.5 Å². The van der Waals surface area contributed by atoms with Crippen molar-refractivity contribution in [3.63, 3.8) is 0 Å². The van der Waals surface area contributed by atoms with Crippen molar-refractivity contribution in [2.24, 2.45) is 0 Å². The Hall–Kier alpha value is -2.53. The molecule has 0 aromatic heterocycles. The fourth-order valence-corrected chi connectivity index (χ4v) is 1.94. The molecule has 5 nitrogen and oxygen atoms in total. The van der Waals surface area contributed by atoms with E-state index in [0.29, 0.717) is 6.54 Å². The minimum absolute atomic E-state index is 0.0846. The molecular weight excluding hydrogens is 280 g/mol. The lowest BCUT2D eigenvalue weighted by atomic mass is 10.2. The van der Waals surface area contributed by atoms with Crippen molar-refractivity contribution in [3.05, 3.63) is 54.1 Å². The molecule has 0 saturated heterocycles. The summed E-state index contributed by atoms with van der Waals surface area (Å²) in [5.74, 6) is 1.50. The zero-order chi connectivity index (χ0) is 15.8. The van der Waals surface area contributed by atoms with Crippen LogP contribution in [0.2, 0.25) is 0 Å². The third-order valence-corrected chi connectivity index (χ3v) is 3.15. The highest BCUT2D eigenvalue weighted by atomic mass is 16.5. The van der Waals surface area contributed by atoms with Gasteiger partial charge in [-0.1, -0.05) is 12.1 Å². The predicted molar refractivity (Wildman–Crippen MR) is 86.3 cm³/mol. The zero-order valence-corrected chi connectivity index (χ0v) is 12.8. The molecule has 5 heteroatoms. The first-order valence-electron chi connectivity index (χ1n) is 6.99. The Labute approximate surface area is 130 Å². The number of carbonyl (C=O) groups is 1. The van der Waals surface area contributed by atoms with E-state index in [-0.39, 0.29) is 12.5 Å². The number of amides is 1. The zero-order valence-electron chi connectivity index (χ0n) is 12.8. The molecule has 1 amide bonds. The number of ether oxygens (including phenoxy) is 2. The summed E-state index contributed by atoms with van der Waals surface area (Å²) in [5.41, 5.74) is 1.84. The van der Waals surface area contributed by atoms with Crippen molar-refractivity contribution >= 4 is 11.6 Å². The lowest BCUT2D eigenvalue weighted by molar-refractivity contribution is -0.115. The van der Waals surface area contributed by atoms with Crippen molar-refractivity contribution in [2.75, 3.05) is 26.1 Å². The van der Waals surface area contributed by atoms with Gasteiger partial charge in [0.25, 0.3) is 0 Å². The van der Waals surface area contributed by atoms with Gasteiger partial charge in [0, 0.05) is 12.2 Å². The molecule has 0 aliphatic heterocycles. The highest BCUT2D eigenvalue weighted by Crippen LogP contribution is 2.14.